The van der Waals surface area contributed by atoms with Crippen molar-refractivity contribution in [1.82, 2.24) is 39.8 Å². The highest BCUT2D eigenvalue weighted by atomic mass is 35.5. The van der Waals surface area contributed by atoms with E-state index in [2.05, 4.69) is 44.4 Å². The molecule has 172 valence electrons. The fraction of sp³-hybridized carbons (Fsp3) is 0.0833. The van der Waals surface area contributed by atoms with E-state index >= 15 is 0 Å². The monoisotopic (exact) mass is 518 g/mol. The minimum absolute atomic E-state index is 0.230. The Morgan fingerprint density at radius 3 is 2.40 bits per heavy atom. The first kappa shape index (κ1) is 22.0. The molecule has 3 aromatic heterocycles. The number of halogens is 2. The van der Waals surface area contributed by atoms with Gasteiger partial charge in [-0.1, -0.05) is 58.6 Å². The van der Waals surface area contributed by atoms with Crippen LogP contribution in [0.3, 0.4) is 0 Å². The summed E-state index contributed by atoms with van der Waals surface area (Å²) in [6.45, 7) is 0. The van der Waals surface area contributed by atoms with Gasteiger partial charge in [0.25, 0.3) is 5.78 Å². The van der Waals surface area contributed by atoms with E-state index in [4.69, 9.17) is 28.2 Å². The molecule has 0 aliphatic carbocycles. The number of fused-ring (bicyclic) bond motifs is 3. The fourth-order valence-electron chi connectivity index (χ4n) is 4.26. The van der Waals surface area contributed by atoms with Crippen LogP contribution in [0.1, 0.15) is 22.9 Å². The van der Waals surface area contributed by atoms with Gasteiger partial charge < -0.3 is 4.57 Å². The van der Waals surface area contributed by atoms with E-state index in [1.807, 2.05) is 72.3 Å². The maximum Gasteiger partial charge on any atom is 0.274 e. The van der Waals surface area contributed by atoms with Crippen LogP contribution < -0.4 is 0 Å². The number of benzene rings is 3. The summed E-state index contributed by atoms with van der Waals surface area (Å²) in [7, 11) is 1.89. The molecule has 3 aromatic carbocycles. The Morgan fingerprint density at radius 1 is 0.857 bits per heavy atom. The Bertz CT molecular complexity index is 1710. The molecule has 1 atom stereocenters. The number of hydrogen-bond acceptors (Lipinski definition) is 7. The van der Waals surface area contributed by atoms with Gasteiger partial charge in [0.1, 0.15) is 5.82 Å². The zero-order chi connectivity index (χ0) is 24.1. The van der Waals surface area contributed by atoms with E-state index in [1.165, 1.54) is 0 Å². The number of aromatic nitrogens is 8. The van der Waals surface area contributed by atoms with Gasteiger partial charge in [-0.15, -0.1) is 22.8 Å². The molecular formula is C24H16Cl2N8S. The maximum absolute atomic E-state index is 6.31. The highest BCUT2D eigenvalue weighted by molar-refractivity contribution is 7.80. The van der Waals surface area contributed by atoms with Crippen molar-refractivity contribution in [1.29, 1.82) is 0 Å². The number of rotatable bonds is 4. The van der Waals surface area contributed by atoms with Gasteiger partial charge in [0.15, 0.2) is 5.16 Å². The van der Waals surface area contributed by atoms with Crippen LogP contribution in [0.2, 0.25) is 10.0 Å². The van der Waals surface area contributed by atoms with Crippen LogP contribution in [0.15, 0.2) is 71.9 Å². The van der Waals surface area contributed by atoms with Crippen molar-refractivity contribution in [3.8, 4) is 11.3 Å². The molecule has 0 aliphatic rings. The van der Waals surface area contributed by atoms with Gasteiger partial charge >= 0.3 is 0 Å². The van der Waals surface area contributed by atoms with Crippen LogP contribution in [-0.2, 0) is 7.05 Å². The minimum atomic E-state index is -0.230. The fourth-order valence-corrected chi connectivity index (χ4v) is 4.72. The Kier molecular flexibility index (Phi) is 5.40. The summed E-state index contributed by atoms with van der Waals surface area (Å²) in [5, 5.41) is 23.3. The Hall–Kier alpha value is -3.53. The summed E-state index contributed by atoms with van der Waals surface area (Å²) >= 11 is 16.9. The molecule has 11 heteroatoms. The van der Waals surface area contributed by atoms with Gasteiger partial charge in [0.05, 0.1) is 17.1 Å². The molecule has 0 saturated heterocycles. The number of thiol groups is 1. The molecule has 6 aromatic rings. The Balaban J connectivity index is 1.64. The summed E-state index contributed by atoms with van der Waals surface area (Å²) in [6.07, 6.45) is 0. The zero-order valence-corrected chi connectivity index (χ0v) is 20.6. The highest BCUT2D eigenvalue weighted by Gasteiger charge is 2.24. The smallest absolute Gasteiger partial charge is 0.274 e. The van der Waals surface area contributed by atoms with Gasteiger partial charge in [-0.3, -0.25) is 0 Å². The second kappa shape index (κ2) is 8.60. The van der Waals surface area contributed by atoms with E-state index in [0.29, 0.717) is 21.0 Å². The molecule has 6 rings (SSSR count). The van der Waals surface area contributed by atoms with Crippen molar-refractivity contribution < 1.29 is 0 Å². The zero-order valence-electron chi connectivity index (χ0n) is 18.2. The summed E-state index contributed by atoms with van der Waals surface area (Å²) in [4.78, 5) is 4.76. The predicted octanol–water partition coefficient (Wildman–Crippen LogP) is 5.24. The SMILES string of the molecule is Cn1c(S)nnc1C(c1ccc(Cl)cc1)c1ccc2c(c1)c(-c1cccc(Cl)c1)nc1nnnn12. The maximum atomic E-state index is 6.31. The number of hydrogen-bond donors (Lipinski definition) is 1. The van der Waals surface area contributed by atoms with Crippen LogP contribution in [0.5, 0.6) is 0 Å². The van der Waals surface area contributed by atoms with Crippen LogP contribution in [0.4, 0.5) is 0 Å². The van der Waals surface area contributed by atoms with Gasteiger partial charge in [0, 0.05) is 28.0 Å². The van der Waals surface area contributed by atoms with E-state index in [1.54, 1.807) is 4.52 Å². The third kappa shape index (κ3) is 3.81. The molecule has 0 aliphatic heterocycles. The molecule has 0 amide bonds. The quantitative estimate of drug-likeness (QED) is 0.321. The first-order valence-corrected chi connectivity index (χ1v) is 11.8. The van der Waals surface area contributed by atoms with Crippen molar-refractivity contribution in [2.45, 2.75) is 11.1 Å². The molecule has 0 bridgehead atoms. The van der Waals surface area contributed by atoms with Crippen LogP contribution in [-0.4, -0.2) is 39.8 Å². The average molecular weight is 519 g/mol. The average Bonchev–Trinajstić information content (AvgIpc) is 3.47. The van der Waals surface area contributed by atoms with Crippen molar-refractivity contribution in [2.24, 2.45) is 7.05 Å². The molecule has 1 unspecified atom stereocenters. The summed E-state index contributed by atoms with van der Waals surface area (Å²) in [6, 6.07) is 21.4. The van der Waals surface area contributed by atoms with Crippen molar-refractivity contribution in [3.05, 3.63) is 93.7 Å². The van der Waals surface area contributed by atoms with Crippen molar-refractivity contribution in [2.75, 3.05) is 0 Å². The second-order valence-electron chi connectivity index (χ2n) is 8.04. The molecule has 0 fully saturated rings. The molecule has 0 radical (unpaired) electrons. The van der Waals surface area contributed by atoms with Crippen LogP contribution >= 0.6 is 35.8 Å². The number of tetrazole rings is 1. The van der Waals surface area contributed by atoms with E-state index < -0.39 is 0 Å². The lowest BCUT2D eigenvalue weighted by Gasteiger charge is -2.19. The van der Waals surface area contributed by atoms with Gasteiger partial charge in [-0.2, -0.15) is 4.52 Å². The molecule has 8 nitrogen and oxygen atoms in total. The summed E-state index contributed by atoms with van der Waals surface area (Å²) < 4.78 is 3.49. The van der Waals surface area contributed by atoms with Gasteiger partial charge in [-0.25, -0.2) is 4.98 Å². The summed E-state index contributed by atoms with van der Waals surface area (Å²) in [5.74, 6) is 0.923. The lowest BCUT2D eigenvalue weighted by Crippen LogP contribution is -2.10. The van der Waals surface area contributed by atoms with Crippen molar-refractivity contribution >= 4 is 52.5 Å². The van der Waals surface area contributed by atoms with E-state index in [0.717, 1.165) is 39.1 Å². The van der Waals surface area contributed by atoms with Crippen LogP contribution in [0, 0.1) is 0 Å². The standard InChI is InChI=1S/C24H16Cl2N8S/c1-33-22(28-30-24(33)35)20(13-5-8-16(25)9-6-13)14-7-10-19-18(12-14)21(15-3-2-4-17(26)11-15)27-23-29-31-32-34(19)23/h2-12,20H,1H3,(H,30,35). The normalized spacial score (nSPS) is 12.5. The van der Waals surface area contributed by atoms with Gasteiger partial charge in [-0.05, 0) is 58.0 Å². The molecule has 35 heavy (non-hydrogen) atoms. The first-order valence-electron chi connectivity index (χ1n) is 10.6. The predicted molar refractivity (Wildman–Crippen MR) is 137 cm³/mol. The Morgan fingerprint density at radius 2 is 1.66 bits per heavy atom. The topological polar surface area (TPSA) is 86.7 Å². The minimum Gasteiger partial charge on any atom is -0.309 e. The van der Waals surface area contributed by atoms with Crippen molar-refractivity contribution in [3.63, 3.8) is 0 Å². The number of nitrogens with zero attached hydrogens (tertiary/aromatic N) is 8. The molecule has 0 N–H and O–H groups in total. The Labute approximate surface area is 215 Å². The second-order valence-corrected chi connectivity index (χ2v) is 9.31. The molecular weight excluding hydrogens is 503 g/mol. The highest BCUT2D eigenvalue weighted by Crippen LogP contribution is 2.36. The molecule has 0 saturated carbocycles. The molecule has 0 spiro atoms. The first-order chi connectivity index (χ1) is 17.0. The third-order valence-corrected chi connectivity index (χ3v) is 6.82. The van der Waals surface area contributed by atoms with E-state index in [-0.39, 0.29) is 5.92 Å². The molecule has 3 heterocycles. The van der Waals surface area contributed by atoms with Gasteiger partial charge in [0.2, 0.25) is 0 Å². The third-order valence-electron chi connectivity index (χ3n) is 5.95. The van der Waals surface area contributed by atoms with E-state index in [9.17, 15) is 0 Å². The summed E-state index contributed by atoms with van der Waals surface area (Å²) in [5.41, 5.74) is 4.42. The van der Waals surface area contributed by atoms with Crippen LogP contribution in [0.25, 0.3) is 27.9 Å². The lowest BCUT2D eigenvalue weighted by molar-refractivity contribution is 0.719. The largest absolute Gasteiger partial charge is 0.309 e. The lowest BCUT2D eigenvalue weighted by atomic mass is 9.89.